The molecular weight excluding hydrogens is 394 g/mol. The Kier molecular flexibility index (Phi) is 4.57. The number of benzene rings is 2. The number of fused-ring (bicyclic) bond motifs is 4. The van der Waals surface area contributed by atoms with Crippen molar-refractivity contribution in [2.45, 2.75) is 25.2 Å². The third-order valence-corrected chi connectivity index (χ3v) is 6.32. The van der Waals surface area contributed by atoms with Crippen LogP contribution in [0, 0.1) is 11.3 Å². The van der Waals surface area contributed by atoms with Gasteiger partial charge in [0.1, 0.15) is 6.07 Å². The lowest BCUT2D eigenvalue weighted by atomic mass is 10.1. The summed E-state index contributed by atoms with van der Waals surface area (Å²) < 4.78 is 4.14. The van der Waals surface area contributed by atoms with Crippen LogP contribution in [0.1, 0.15) is 18.2 Å². The van der Waals surface area contributed by atoms with Crippen LogP contribution in [0.5, 0.6) is 0 Å². The van der Waals surface area contributed by atoms with Gasteiger partial charge in [0.05, 0.1) is 0 Å². The summed E-state index contributed by atoms with van der Waals surface area (Å²) in [6.07, 6.45) is 3.27. The Morgan fingerprint density at radius 2 is 2.10 bits per heavy atom. The lowest BCUT2D eigenvalue weighted by molar-refractivity contribution is -0.111. The van der Waals surface area contributed by atoms with E-state index >= 15 is 0 Å². The fourth-order valence-corrected chi connectivity index (χ4v) is 4.98. The van der Waals surface area contributed by atoms with Gasteiger partial charge in [-0.05, 0) is 36.8 Å². The largest absolute Gasteiger partial charge is 0.341 e. The van der Waals surface area contributed by atoms with E-state index in [1.165, 1.54) is 27.9 Å². The first-order chi connectivity index (χ1) is 14.7. The molecule has 0 unspecified atom stereocenters. The summed E-state index contributed by atoms with van der Waals surface area (Å²) in [6.45, 7) is 3.78. The maximum atomic E-state index is 12.4. The zero-order chi connectivity index (χ0) is 20.7. The smallest absolute Gasteiger partial charge is 0.249 e. The fraction of sp³-hybridized carbons (Fsp3) is 0.174. The van der Waals surface area contributed by atoms with Crippen molar-refractivity contribution in [3.8, 4) is 6.07 Å². The van der Waals surface area contributed by atoms with E-state index in [-0.39, 0.29) is 5.91 Å². The predicted octanol–water partition coefficient (Wildman–Crippen LogP) is 4.64. The van der Waals surface area contributed by atoms with Gasteiger partial charge in [0.15, 0.2) is 16.7 Å². The van der Waals surface area contributed by atoms with Gasteiger partial charge in [-0.1, -0.05) is 36.0 Å². The molecule has 0 spiro atoms. The second-order valence-corrected chi connectivity index (χ2v) is 8.13. The molecule has 2 aromatic carbocycles. The summed E-state index contributed by atoms with van der Waals surface area (Å²) in [5.41, 5.74) is 3.75. The summed E-state index contributed by atoms with van der Waals surface area (Å²) >= 11 is 1.59. The molecule has 0 aliphatic carbocycles. The maximum absolute atomic E-state index is 12.4. The summed E-state index contributed by atoms with van der Waals surface area (Å²) in [4.78, 5) is 16.8. The molecule has 2 aromatic heterocycles. The van der Waals surface area contributed by atoms with Crippen LogP contribution in [0.2, 0.25) is 0 Å². The Morgan fingerprint density at radius 1 is 1.27 bits per heavy atom. The average molecular weight is 414 g/mol. The van der Waals surface area contributed by atoms with Crippen molar-refractivity contribution >= 4 is 51.4 Å². The quantitative estimate of drug-likeness (QED) is 0.495. The van der Waals surface area contributed by atoms with Crippen molar-refractivity contribution in [3.63, 3.8) is 0 Å². The average Bonchev–Trinajstić information content (AvgIpc) is 3.43. The van der Waals surface area contributed by atoms with Gasteiger partial charge in [-0.15, -0.1) is 0 Å². The number of anilines is 1. The van der Waals surface area contributed by atoms with E-state index < -0.39 is 0 Å². The Hall–Kier alpha value is -3.50. The van der Waals surface area contributed by atoms with Crippen molar-refractivity contribution < 1.29 is 4.79 Å². The van der Waals surface area contributed by atoms with Gasteiger partial charge in [0.25, 0.3) is 0 Å². The number of nitrogens with one attached hydrogen (secondary N) is 1. The Balaban J connectivity index is 1.42. The summed E-state index contributed by atoms with van der Waals surface area (Å²) in [5, 5.41) is 15.3. The molecule has 30 heavy (non-hydrogen) atoms. The minimum absolute atomic E-state index is 0.302. The van der Waals surface area contributed by atoms with Gasteiger partial charge < -0.3 is 14.5 Å². The highest BCUT2D eigenvalue weighted by atomic mass is 32.2. The molecule has 6 nitrogen and oxygen atoms in total. The molecule has 1 aliphatic rings. The van der Waals surface area contributed by atoms with Crippen LogP contribution < -0.4 is 5.32 Å². The van der Waals surface area contributed by atoms with E-state index in [0.717, 1.165) is 29.6 Å². The molecule has 0 radical (unpaired) electrons. The van der Waals surface area contributed by atoms with E-state index in [9.17, 15) is 10.1 Å². The molecule has 0 fully saturated rings. The van der Waals surface area contributed by atoms with Gasteiger partial charge in [0.2, 0.25) is 5.91 Å². The number of para-hydroxylation sites is 1. The van der Waals surface area contributed by atoms with Gasteiger partial charge in [-0.2, -0.15) is 5.26 Å². The number of aromatic nitrogens is 3. The third kappa shape index (κ3) is 2.97. The fourth-order valence-electron chi connectivity index (χ4n) is 4.02. The van der Waals surface area contributed by atoms with Crippen LogP contribution in [0.15, 0.2) is 53.7 Å². The molecule has 148 valence electrons. The Labute approximate surface area is 177 Å². The number of aryl methyl sites for hydroxylation is 1. The molecule has 1 N–H and O–H groups in total. The minimum Gasteiger partial charge on any atom is -0.341 e. The van der Waals surface area contributed by atoms with E-state index in [1.54, 1.807) is 17.8 Å². The Bertz CT molecular complexity index is 1370. The van der Waals surface area contributed by atoms with Crippen LogP contribution in [-0.4, -0.2) is 25.8 Å². The zero-order valence-electron chi connectivity index (χ0n) is 16.4. The van der Waals surface area contributed by atoms with Crippen LogP contribution in [-0.2, 0) is 17.9 Å². The van der Waals surface area contributed by atoms with Crippen molar-refractivity contribution in [1.29, 1.82) is 5.26 Å². The number of rotatable bonds is 4. The standard InChI is InChI=1S/C23H19N5OS/c1-2-27-18-6-4-3-5-16(18)17-13-15(7-9-19(17)27)8-10-21(29)25-22-20(14-24)28-11-12-30-23(28)26-22/h3-10,13H,2,11-12H2,1H3,(H,25,29)/b10-8+. The molecule has 3 heterocycles. The first-order valence-electron chi connectivity index (χ1n) is 9.83. The number of nitriles is 1. The third-order valence-electron chi connectivity index (χ3n) is 5.37. The van der Waals surface area contributed by atoms with Crippen LogP contribution in [0.25, 0.3) is 27.9 Å². The predicted molar refractivity (Wildman–Crippen MR) is 120 cm³/mol. The molecule has 4 aromatic rings. The highest BCUT2D eigenvalue weighted by molar-refractivity contribution is 7.99. The first-order valence-corrected chi connectivity index (χ1v) is 10.8. The number of imidazole rings is 1. The van der Waals surface area contributed by atoms with Crippen molar-refractivity contribution in [1.82, 2.24) is 14.1 Å². The van der Waals surface area contributed by atoms with Gasteiger partial charge >= 0.3 is 0 Å². The first kappa shape index (κ1) is 18.5. The molecule has 0 bridgehead atoms. The molecule has 0 atom stereocenters. The number of nitrogens with zero attached hydrogens (tertiary/aromatic N) is 4. The number of hydrogen-bond donors (Lipinski definition) is 1. The molecule has 0 saturated carbocycles. The number of thioether (sulfide) groups is 1. The number of carbonyl (C=O) groups excluding carboxylic acids is 1. The van der Waals surface area contributed by atoms with E-state index in [2.05, 4.69) is 58.2 Å². The van der Waals surface area contributed by atoms with Crippen molar-refractivity contribution in [2.75, 3.05) is 11.1 Å². The number of hydrogen-bond acceptors (Lipinski definition) is 4. The Morgan fingerprint density at radius 3 is 2.93 bits per heavy atom. The second kappa shape index (κ2) is 7.39. The van der Waals surface area contributed by atoms with Gasteiger partial charge in [0, 0.05) is 46.7 Å². The SMILES string of the molecule is CCn1c2ccccc2c2cc(/C=C/C(=O)Nc3nc4n(c3C#N)CCS4)ccc21. The lowest BCUT2D eigenvalue weighted by Crippen LogP contribution is -2.10. The number of carbonyl (C=O) groups is 1. The lowest BCUT2D eigenvalue weighted by Gasteiger charge is -2.03. The van der Waals surface area contributed by atoms with Crippen LogP contribution >= 0.6 is 11.8 Å². The highest BCUT2D eigenvalue weighted by Crippen LogP contribution is 2.31. The van der Waals surface area contributed by atoms with E-state index in [0.29, 0.717) is 11.5 Å². The normalized spacial score (nSPS) is 13.2. The second-order valence-electron chi connectivity index (χ2n) is 7.06. The zero-order valence-corrected chi connectivity index (χ0v) is 17.2. The summed E-state index contributed by atoms with van der Waals surface area (Å²) in [6, 6.07) is 16.7. The topological polar surface area (TPSA) is 75.6 Å². The molecule has 7 heteroatoms. The maximum Gasteiger partial charge on any atom is 0.249 e. The molecule has 0 saturated heterocycles. The monoisotopic (exact) mass is 413 g/mol. The molecule has 1 aliphatic heterocycles. The summed E-state index contributed by atoms with van der Waals surface area (Å²) in [7, 11) is 0. The van der Waals surface area contributed by atoms with E-state index in [4.69, 9.17) is 0 Å². The minimum atomic E-state index is -0.302. The van der Waals surface area contributed by atoms with Crippen molar-refractivity contribution in [3.05, 3.63) is 59.8 Å². The van der Waals surface area contributed by atoms with E-state index in [1.807, 2.05) is 16.7 Å². The highest BCUT2D eigenvalue weighted by Gasteiger charge is 2.22. The van der Waals surface area contributed by atoms with Gasteiger partial charge in [-0.3, -0.25) is 4.79 Å². The molecule has 1 amide bonds. The van der Waals surface area contributed by atoms with Crippen LogP contribution in [0.4, 0.5) is 5.82 Å². The molecule has 5 rings (SSSR count). The van der Waals surface area contributed by atoms with Crippen LogP contribution in [0.3, 0.4) is 0 Å². The van der Waals surface area contributed by atoms with Crippen molar-refractivity contribution in [2.24, 2.45) is 0 Å². The van der Waals surface area contributed by atoms with Gasteiger partial charge in [-0.25, -0.2) is 4.98 Å². The number of amides is 1. The summed E-state index contributed by atoms with van der Waals surface area (Å²) in [5.74, 6) is 0.933. The molecular formula is C23H19N5OS.